The second-order valence-corrected chi connectivity index (χ2v) is 5.28. The normalized spacial score (nSPS) is 10.7. The quantitative estimate of drug-likeness (QED) is 0.809. The largest absolute Gasteiger partial charge is 0.360 e. The number of rotatable bonds is 6. The van der Waals surface area contributed by atoms with Crippen LogP contribution in [-0.2, 0) is 0 Å². The molecule has 1 N–H and O–H groups in total. The van der Waals surface area contributed by atoms with E-state index in [2.05, 4.69) is 22.2 Å². The average molecular weight is 324 g/mol. The first-order chi connectivity index (χ1) is 10.9. The van der Waals surface area contributed by atoms with Crippen molar-refractivity contribution in [1.29, 1.82) is 0 Å². The van der Waals surface area contributed by atoms with Crippen molar-refractivity contribution in [3.05, 3.63) is 41.5 Å². The molecule has 0 atom stereocenters. The van der Waals surface area contributed by atoms with E-state index >= 15 is 0 Å². The van der Waals surface area contributed by atoms with E-state index in [0.29, 0.717) is 17.5 Å². The number of benzene rings is 1. The van der Waals surface area contributed by atoms with Gasteiger partial charge in [-0.3, -0.25) is 0 Å². The van der Waals surface area contributed by atoms with Crippen LogP contribution in [0.25, 0.3) is 0 Å². The van der Waals surface area contributed by atoms with Crippen LogP contribution in [0.2, 0.25) is 0 Å². The standard InChI is InChI=1S/C16H19F3N4/c1-4-5-8-23(3)14-9-13(20-10(2)21-14)22-12-7-6-11(17)15(18)16(12)19/h6-7,9H,4-5,8H2,1-3H3,(H,20,21,22). The van der Waals surface area contributed by atoms with Crippen molar-refractivity contribution in [2.45, 2.75) is 26.7 Å². The molecule has 2 rings (SSSR count). The van der Waals surface area contributed by atoms with Crippen molar-refractivity contribution in [2.75, 3.05) is 23.8 Å². The molecule has 0 amide bonds. The van der Waals surface area contributed by atoms with Crippen LogP contribution in [0, 0.1) is 24.4 Å². The van der Waals surface area contributed by atoms with Gasteiger partial charge in [-0.15, -0.1) is 0 Å². The van der Waals surface area contributed by atoms with Crippen molar-refractivity contribution in [3.8, 4) is 0 Å². The smallest absolute Gasteiger partial charge is 0.196 e. The van der Waals surface area contributed by atoms with Crippen LogP contribution in [0.5, 0.6) is 0 Å². The Morgan fingerprint density at radius 2 is 1.87 bits per heavy atom. The summed E-state index contributed by atoms with van der Waals surface area (Å²) in [6.07, 6.45) is 2.07. The molecule has 0 unspecified atom stereocenters. The third-order valence-electron chi connectivity index (χ3n) is 3.36. The van der Waals surface area contributed by atoms with Crippen molar-refractivity contribution >= 4 is 17.3 Å². The first kappa shape index (κ1) is 17.1. The molecular formula is C16H19F3N4. The van der Waals surface area contributed by atoms with Crippen molar-refractivity contribution in [1.82, 2.24) is 9.97 Å². The van der Waals surface area contributed by atoms with Gasteiger partial charge >= 0.3 is 0 Å². The lowest BCUT2D eigenvalue weighted by Crippen LogP contribution is -2.20. The summed E-state index contributed by atoms with van der Waals surface area (Å²) in [6, 6.07) is 3.64. The predicted octanol–water partition coefficient (Wildman–Crippen LogP) is 4.18. The van der Waals surface area contributed by atoms with E-state index in [0.717, 1.165) is 31.5 Å². The summed E-state index contributed by atoms with van der Waals surface area (Å²) in [4.78, 5) is 10.4. The summed E-state index contributed by atoms with van der Waals surface area (Å²) in [5.74, 6) is -2.52. The second-order valence-electron chi connectivity index (χ2n) is 5.28. The van der Waals surface area contributed by atoms with Gasteiger partial charge in [0, 0.05) is 19.7 Å². The fourth-order valence-electron chi connectivity index (χ4n) is 2.08. The van der Waals surface area contributed by atoms with Gasteiger partial charge in [0.1, 0.15) is 17.5 Å². The Labute approximate surface area is 133 Å². The minimum Gasteiger partial charge on any atom is -0.360 e. The van der Waals surface area contributed by atoms with Gasteiger partial charge in [0.2, 0.25) is 0 Å². The zero-order valence-corrected chi connectivity index (χ0v) is 13.3. The molecule has 0 radical (unpaired) electrons. The molecule has 1 heterocycles. The number of anilines is 3. The lowest BCUT2D eigenvalue weighted by Gasteiger charge is -2.19. The minimum absolute atomic E-state index is 0.177. The molecule has 0 saturated carbocycles. The van der Waals surface area contributed by atoms with Gasteiger partial charge in [0.05, 0.1) is 5.69 Å². The van der Waals surface area contributed by atoms with Gasteiger partial charge in [-0.25, -0.2) is 23.1 Å². The highest BCUT2D eigenvalue weighted by molar-refractivity contribution is 5.60. The summed E-state index contributed by atoms with van der Waals surface area (Å²) >= 11 is 0. The highest BCUT2D eigenvalue weighted by atomic mass is 19.2. The molecular weight excluding hydrogens is 305 g/mol. The summed E-state index contributed by atoms with van der Waals surface area (Å²) in [5.41, 5.74) is -0.177. The first-order valence-corrected chi connectivity index (χ1v) is 7.39. The SMILES string of the molecule is CCCCN(C)c1cc(Nc2ccc(F)c(F)c2F)nc(C)n1. The van der Waals surface area contributed by atoms with E-state index < -0.39 is 17.5 Å². The Hall–Kier alpha value is -2.31. The van der Waals surface area contributed by atoms with E-state index in [1.807, 2.05) is 11.9 Å². The van der Waals surface area contributed by atoms with E-state index in [4.69, 9.17) is 0 Å². The highest BCUT2D eigenvalue weighted by Crippen LogP contribution is 2.24. The fraction of sp³-hybridized carbons (Fsp3) is 0.375. The van der Waals surface area contributed by atoms with E-state index in [9.17, 15) is 13.2 Å². The number of aromatic nitrogens is 2. The Morgan fingerprint density at radius 3 is 2.57 bits per heavy atom. The zero-order valence-electron chi connectivity index (χ0n) is 13.3. The van der Waals surface area contributed by atoms with Gasteiger partial charge in [-0.2, -0.15) is 0 Å². The van der Waals surface area contributed by atoms with Crippen molar-refractivity contribution in [2.24, 2.45) is 0 Å². The number of nitrogens with zero attached hydrogens (tertiary/aromatic N) is 3. The van der Waals surface area contributed by atoms with Crippen molar-refractivity contribution in [3.63, 3.8) is 0 Å². The Kier molecular flexibility index (Phi) is 5.41. The molecule has 1 aromatic carbocycles. The number of aryl methyl sites for hydroxylation is 1. The molecule has 0 aliphatic rings. The molecule has 0 aliphatic carbocycles. The molecule has 0 aliphatic heterocycles. The third-order valence-corrected chi connectivity index (χ3v) is 3.36. The number of halogens is 3. The lowest BCUT2D eigenvalue weighted by atomic mass is 10.2. The Morgan fingerprint density at radius 1 is 1.13 bits per heavy atom. The maximum atomic E-state index is 13.7. The summed E-state index contributed by atoms with van der Waals surface area (Å²) in [5, 5.41) is 2.67. The van der Waals surface area contributed by atoms with Gasteiger partial charge in [0.25, 0.3) is 0 Å². The maximum Gasteiger partial charge on any atom is 0.196 e. The first-order valence-electron chi connectivity index (χ1n) is 7.39. The molecule has 0 saturated heterocycles. The highest BCUT2D eigenvalue weighted by Gasteiger charge is 2.14. The lowest BCUT2D eigenvalue weighted by molar-refractivity contribution is 0.449. The monoisotopic (exact) mass is 324 g/mol. The van der Waals surface area contributed by atoms with Crippen LogP contribution in [0.1, 0.15) is 25.6 Å². The molecule has 7 heteroatoms. The van der Waals surface area contributed by atoms with Gasteiger partial charge < -0.3 is 10.2 Å². The molecule has 124 valence electrons. The molecule has 23 heavy (non-hydrogen) atoms. The van der Waals surface area contributed by atoms with Crippen LogP contribution in [-0.4, -0.2) is 23.6 Å². The Balaban J connectivity index is 2.27. The number of hydrogen-bond donors (Lipinski definition) is 1. The van der Waals surface area contributed by atoms with E-state index in [1.54, 1.807) is 13.0 Å². The average Bonchev–Trinajstić information content (AvgIpc) is 2.52. The molecule has 0 fully saturated rings. The van der Waals surface area contributed by atoms with Crippen LogP contribution < -0.4 is 10.2 Å². The predicted molar refractivity (Wildman–Crippen MR) is 84.5 cm³/mol. The molecule has 4 nitrogen and oxygen atoms in total. The fourth-order valence-corrected chi connectivity index (χ4v) is 2.08. The van der Waals surface area contributed by atoms with Crippen LogP contribution in [0.15, 0.2) is 18.2 Å². The Bertz CT molecular complexity index is 691. The van der Waals surface area contributed by atoms with E-state index in [1.165, 1.54) is 0 Å². The minimum atomic E-state index is -1.51. The summed E-state index contributed by atoms with van der Waals surface area (Å²) in [6.45, 7) is 4.63. The maximum absolute atomic E-state index is 13.7. The number of hydrogen-bond acceptors (Lipinski definition) is 4. The summed E-state index contributed by atoms with van der Waals surface area (Å²) < 4.78 is 40.0. The molecule has 1 aromatic heterocycles. The second kappa shape index (κ2) is 7.30. The number of unbranched alkanes of at least 4 members (excludes halogenated alkanes) is 1. The van der Waals surface area contributed by atoms with Crippen LogP contribution in [0.3, 0.4) is 0 Å². The van der Waals surface area contributed by atoms with Gasteiger partial charge in [-0.05, 0) is 25.5 Å². The molecule has 2 aromatic rings. The third kappa shape index (κ3) is 4.12. The van der Waals surface area contributed by atoms with E-state index in [-0.39, 0.29) is 5.69 Å². The molecule has 0 bridgehead atoms. The topological polar surface area (TPSA) is 41.0 Å². The van der Waals surface area contributed by atoms with Gasteiger partial charge in [0.15, 0.2) is 17.5 Å². The van der Waals surface area contributed by atoms with Gasteiger partial charge in [-0.1, -0.05) is 13.3 Å². The summed E-state index contributed by atoms with van der Waals surface area (Å²) in [7, 11) is 1.90. The molecule has 0 spiro atoms. The zero-order chi connectivity index (χ0) is 17.0. The van der Waals surface area contributed by atoms with Crippen LogP contribution in [0.4, 0.5) is 30.5 Å². The van der Waals surface area contributed by atoms with Crippen LogP contribution >= 0.6 is 0 Å². The van der Waals surface area contributed by atoms with Crippen molar-refractivity contribution < 1.29 is 13.2 Å². The number of nitrogens with one attached hydrogen (secondary N) is 1.